The molecule has 0 atom stereocenters. The van der Waals surface area contributed by atoms with Crippen molar-refractivity contribution in [2.75, 3.05) is 5.32 Å². The van der Waals surface area contributed by atoms with E-state index in [-0.39, 0.29) is 0 Å². The van der Waals surface area contributed by atoms with Gasteiger partial charge < -0.3 is 4.74 Å². The van der Waals surface area contributed by atoms with Crippen molar-refractivity contribution in [3.05, 3.63) is 36.0 Å². The highest BCUT2D eigenvalue weighted by Gasteiger charge is 2.16. The molecule has 2 rings (SSSR count). The summed E-state index contributed by atoms with van der Waals surface area (Å²) in [7, 11) is 0. The Kier molecular flexibility index (Phi) is 3.70. The van der Waals surface area contributed by atoms with E-state index in [4.69, 9.17) is 4.74 Å². The minimum Gasteiger partial charge on any atom is -0.444 e. The maximum atomic E-state index is 11.7. The molecule has 5 heteroatoms. The summed E-state index contributed by atoms with van der Waals surface area (Å²) in [5.74, 6) is 0. The van der Waals surface area contributed by atoms with Gasteiger partial charge in [-0.3, -0.25) is 10.1 Å². The van der Waals surface area contributed by atoms with Crippen LogP contribution < -0.4 is 5.32 Å². The predicted octanol–water partition coefficient (Wildman–Crippen LogP) is 3.39. The van der Waals surface area contributed by atoms with Gasteiger partial charge >= 0.3 is 6.09 Å². The van der Waals surface area contributed by atoms with Gasteiger partial charge in [0.25, 0.3) is 0 Å². The molecule has 104 valence electrons. The van der Waals surface area contributed by atoms with Crippen LogP contribution in [0.3, 0.4) is 0 Å². The molecule has 0 unspecified atom stereocenters. The van der Waals surface area contributed by atoms with Gasteiger partial charge in [-0.2, -0.15) is 0 Å². The van der Waals surface area contributed by atoms with Gasteiger partial charge in [0.2, 0.25) is 0 Å². The van der Waals surface area contributed by atoms with E-state index in [1.54, 1.807) is 51.1 Å². The van der Waals surface area contributed by atoms with Gasteiger partial charge in [-0.05, 0) is 45.0 Å². The highest BCUT2D eigenvalue weighted by atomic mass is 16.6. The van der Waals surface area contributed by atoms with E-state index < -0.39 is 11.7 Å². The Balaban J connectivity index is 2.20. The summed E-state index contributed by atoms with van der Waals surface area (Å²) in [5, 5.41) is 3.50. The molecule has 1 aromatic carbocycles. The second-order valence-electron chi connectivity index (χ2n) is 5.39. The lowest BCUT2D eigenvalue weighted by Crippen LogP contribution is -2.27. The first-order valence-corrected chi connectivity index (χ1v) is 6.23. The summed E-state index contributed by atoms with van der Waals surface area (Å²) in [6, 6.07) is 8.66. The van der Waals surface area contributed by atoms with E-state index in [0.717, 1.165) is 5.39 Å². The number of fused-ring (bicyclic) bond motifs is 1. The first-order chi connectivity index (χ1) is 9.37. The number of aromatic nitrogens is 1. The fraction of sp³-hybridized carbons (Fsp3) is 0.267. The zero-order chi connectivity index (χ0) is 14.8. The summed E-state index contributed by atoms with van der Waals surface area (Å²) >= 11 is 0. The van der Waals surface area contributed by atoms with E-state index in [0.29, 0.717) is 23.2 Å². The Hall–Kier alpha value is -2.43. The number of benzene rings is 1. The monoisotopic (exact) mass is 272 g/mol. The number of nitrogens with one attached hydrogen (secondary N) is 1. The standard InChI is InChI=1S/C15H16N2O3/c1-15(2,3)20-14(19)17-11-6-7-13-10(8-11)4-5-12(9-18)16-13/h4-9H,1-3H3,(H,17,19). The molecule has 20 heavy (non-hydrogen) atoms. The third kappa shape index (κ3) is 3.54. The summed E-state index contributed by atoms with van der Waals surface area (Å²) < 4.78 is 5.18. The van der Waals surface area contributed by atoms with Crippen LogP contribution in [0.15, 0.2) is 30.3 Å². The molecule has 0 aliphatic carbocycles. The number of pyridine rings is 1. The Labute approximate surface area is 117 Å². The van der Waals surface area contributed by atoms with Crippen molar-refractivity contribution in [3.8, 4) is 0 Å². The molecule has 0 aliphatic rings. The van der Waals surface area contributed by atoms with Gasteiger partial charge in [-0.25, -0.2) is 9.78 Å². The number of nitrogens with zero attached hydrogens (tertiary/aromatic N) is 1. The lowest BCUT2D eigenvalue weighted by atomic mass is 10.2. The molecular weight excluding hydrogens is 256 g/mol. The van der Waals surface area contributed by atoms with Crippen LogP contribution in [0, 0.1) is 0 Å². The van der Waals surface area contributed by atoms with Crippen LogP contribution >= 0.6 is 0 Å². The Morgan fingerprint density at radius 2 is 2.00 bits per heavy atom. The van der Waals surface area contributed by atoms with Gasteiger partial charge in [0, 0.05) is 11.1 Å². The zero-order valence-corrected chi connectivity index (χ0v) is 11.6. The second kappa shape index (κ2) is 5.28. The molecule has 5 nitrogen and oxygen atoms in total. The molecule has 0 saturated carbocycles. The van der Waals surface area contributed by atoms with Crippen LogP contribution in [0.1, 0.15) is 31.3 Å². The predicted molar refractivity (Wildman–Crippen MR) is 77.0 cm³/mol. The van der Waals surface area contributed by atoms with E-state index in [1.807, 2.05) is 0 Å². The SMILES string of the molecule is CC(C)(C)OC(=O)Nc1ccc2nc(C=O)ccc2c1. The largest absolute Gasteiger partial charge is 0.444 e. The quantitative estimate of drug-likeness (QED) is 0.851. The number of rotatable bonds is 2. The smallest absolute Gasteiger partial charge is 0.412 e. The van der Waals surface area contributed by atoms with Crippen molar-refractivity contribution in [2.24, 2.45) is 0 Å². The molecule has 0 bridgehead atoms. The average Bonchev–Trinajstić information content (AvgIpc) is 2.35. The van der Waals surface area contributed by atoms with Gasteiger partial charge in [0.05, 0.1) is 5.52 Å². The number of aldehydes is 1. The summed E-state index contributed by atoms with van der Waals surface area (Å²) in [6.45, 7) is 5.41. The fourth-order valence-corrected chi connectivity index (χ4v) is 1.71. The van der Waals surface area contributed by atoms with Gasteiger partial charge in [0.1, 0.15) is 11.3 Å². The van der Waals surface area contributed by atoms with Crippen LogP contribution in [0.25, 0.3) is 10.9 Å². The molecule has 1 aromatic heterocycles. The topological polar surface area (TPSA) is 68.3 Å². The molecule has 1 amide bonds. The third-order valence-corrected chi connectivity index (χ3v) is 2.48. The molecule has 0 radical (unpaired) electrons. The normalized spacial score (nSPS) is 11.2. The minimum atomic E-state index is -0.540. The number of carbonyl (C=O) groups excluding carboxylic acids is 2. The molecule has 1 N–H and O–H groups in total. The third-order valence-electron chi connectivity index (χ3n) is 2.48. The van der Waals surface area contributed by atoms with E-state index in [1.165, 1.54) is 0 Å². The highest BCUT2D eigenvalue weighted by Crippen LogP contribution is 2.19. The molecule has 0 saturated heterocycles. The first kappa shape index (κ1) is 14.0. The Morgan fingerprint density at radius 1 is 1.25 bits per heavy atom. The van der Waals surface area contributed by atoms with Crippen molar-refractivity contribution in [1.29, 1.82) is 0 Å². The van der Waals surface area contributed by atoms with Gasteiger partial charge in [0.15, 0.2) is 6.29 Å². The van der Waals surface area contributed by atoms with E-state index in [9.17, 15) is 9.59 Å². The molecular formula is C15H16N2O3. The molecule has 0 spiro atoms. The number of hydrogen-bond acceptors (Lipinski definition) is 4. The number of amides is 1. The number of anilines is 1. The van der Waals surface area contributed by atoms with Crippen LogP contribution in [0.5, 0.6) is 0 Å². The van der Waals surface area contributed by atoms with Crippen molar-refractivity contribution in [1.82, 2.24) is 4.98 Å². The van der Waals surface area contributed by atoms with Crippen LogP contribution in [-0.4, -0.2) is 23.0 Å². The lowest BCUT2D eigenvalue weighted by Gasteiger charge is -2.19. The van der Waals surface area contributed by atoms with E-state index in [2.05, 4.69) is 10.3 Å². The van der Waals surface area contributed by atoms with Crippen molar-refractivity contribution in [2.45, 2.75) is 26.4 Å². The zero-order valence-electron chi connectivity index (χ0n) is 11.6. The summed E-state index contributed by atoms with van der Waals surface area (Å²) in [5.41, 5.74) is 1.16. The van der Waals surface area contributed by atoms with Crippen molar-refractivity contribution in [3.63, 3.8) is 0 Å². The molecule has 0 aliphatic heterocycles. The highest BCUT2D eigenvalue weighted by molar-refractivity contribution is 5.91. The minimum absolute atomic E-state index is 0.380. The van der Waals surface area contributed by atoms with E-state index >= 15 is 0 Å². The second-order valence-corrected chi connectivity index (χ2v) is 5.39. The maximum Gasteiger partial charge on any atom is 0.412 e. The summed E-state index contributed by atoms with van der Waals surface area (Å²) in [6.07, 6.45) is 0.195. The Morgan fingerprint density at radius 3 is 2.65 bits per heavy atom. The van der Waals surface area contributed by atoms with Crippen molar-refractivity contribution < 1.29 is 14.3 Å². The first-order valence-electron chi connectivity index (χ1n) is 6.23. The molecule has 1 heterocycles. The van der Waals surface area contributed by atoms with Crippen LogP contribution in [0.2, 0.25) is 0 Å². The number of ether oxygens (including phenoxy) is 1. The van der Waals surface area contributed by atoms with Crippen molar-refractivity contribution >= 4 is 29.0 Å². The molecule has 2 aromatic rings. The van der Waals surface area contributed by atoms with Gasteiger partial charge in [-0.1, -0.05) is 6.07 Å². The van der Waals surface area contributed by atoms with Gasteiger partial charge in [-0.15, -0.1) is 0 Å². The number of hydrogen-bond donors (Lipinski definition) is 1. The van der Waals surface area contributed by atoms with Crippen LogP contribution in [0.4, 0.5) is 10.5 Å². The summed E-state index contributed by atoms with van der Waals surface area (Å²) in [4.78, 5) is 26.5. The fourth-order valence-electron chi connectivity index (χ4n) is 1.71. The van der Waals surface area contributed by atoms with Crippen LogP contribution in [-0.2, 0) is 4.74 Å². The Bertz CT molecular complexity index is 660. The maximum absolute atomic E-state index is 11.7. The lowest BCUT2D eigenvalue weighted by molar-refractivity contribution is 0.0636. The average molecular weight is 272 g/mol. The number of carbonyl (C=O) groups is 2. The molecule has 0 fully saturated rings.